The van der Waals surface area contributed by atoms with Gasteiger partial charge in [0.05, 0.1) is 6.04 Å². The summed E-state index contributed by atoms with van der Waals surface area (Å²) >= 11 is 0. The number of carbonyl (C=O) groups excluding carboxylic acids is 2. The number of rotatable bonds is 6. The van der Waals surface area contributed by atoms with Crippen molar-refractivity contribution < 1.29 is 18.4 Å². The second kappa shape index (κ2) is 8.19. The Bertz CT molecular complexity index is 720. The van der Waals surface area contributed by atoms with E-state index in [1.807, 2.05) is 0 Å². The Hall–Kier alpha value is -2.76. The fourth-order valence-corrected chi connectivity index (χ4v) is 2.23. The molecule has 2 N–H and O–H groups in total. The number of hydrogen-bond donors (Lipinski definition) is 2. The van der Waals surface area contributed by atoms with Crippen LogP contribution in [0.1, 0.15) is 35.3 Å². The van der Waals surface area contributed by atoms with E-state index in [1.54, 1.807) is 37.3 Å². The second-order valence-corrected chi connectivity index (χ2v) is 5.33. The van der Waals surface area contributed by atoms with Crippen molar-refractivity contribution in [3.05, 3.63) is 71.3 Å². The van der Waals surface area contributed by atoms with Gasteiger partial charge in [-0.05, 0) is 25.1 Å². The molecule has 2 rings (SSSR count). The van der Waals surface area contributed by atoms with Gasteiger partial charge in [-0.1, -0.05) is 24.3 Å². The maximum absolute atomic E-state index is 13.6. The van der Waals surface area contributed by atoms with Crippen LogP contribution >= 0.6 is 0 Å². The molecule has 0 aromatic heterocycles. The van der Waals surface area contributed by atoms with E-state index in [0.29, 0.717) is 5.56 Å². The third kappa shape index (κ3) is 4.87. The number of nitrogens with one attached hydrogen (secondary N) is 2. The van der Waals surface area contributed by atoms with Crippen LogP contribution in [0, 0.1) is 11.6 Å². The molecule has 0 saturated heterocycles. The Morgan fingerprint density at radius 2 is 1.79 bits per heavy atom. The van der Waals surface area contributed by atoms with Crippen LogP contribution in [0.15, 0.2) is 48.5 Å². The van der Waals surface area contributed by atoms with Gasteiger partial charge >= 0.3 is 0 Å². The monoisotopic (exact) mass is 332 g/mol. The topological polar surface area (TPSA) is 58.2 Å². The molecule has 2 amide bonds. The van der Waals surface area contributed by atoms with Gasteiger partial charge < -0.3 is 10.6 Å². The molecule has 6 heteroatoms. The van der Waals surface area contributed by atoms with Gasteiger partial charge in [-0.3, -0.25) is 9.59 Å². The molecule has 2 aromatic rings. The Morgan fingerprint density at radius 1 is 1.08 bits per heavy atom. The number of benzene rings is 2. The van der Waals surface area contributed by atoms with Crippen LogP contribution in [0.3, 0.4) is 0 Å². The minimum Gasteiger partial charge on any atom is -0.352 e. The quantitative estimate of drug-likeness (QED) is 0.854. The molecule has 0 aliphatic rings. The van der Waals surface area contributed by atoms with E-state index < -0.39 is 17.7 Å². The Labute approximate surface area is 138 Å². The van der Waals surface area contributed by atoms with Crippen LogP contribution in [-0.4, -0.2) is 18.4 Å². The fraction of sp³-hybridized carbons (Fsp3) is 0.222. The third-order valence-corrected chi connectivity index (χ3v) is 3.48. The van der Waals surface area contributed by atoms with Gasteiger partial charge in [-0.15, -0.1) is 0 Å². The SMILES string of the molecule is C[C@H](NC(=O)CCNC(=O)c1ccccc1)c1ccc(F)cc1F. The van der Waals surface area contributed by atoms with Crippen LogP contribution < -0.4 is 10.6 Å². The van der Waals surface area contributed by atoms with E-state index in [9.17, 15) is 18.4 Å². The molecule has 0 aliphatic carbocycles. The van der Waals surface area contributed by atoms with Crippen LogP contribution in [0.25, 0.3) is 0 Å². The summed E-state index contributed by atoms with van der Waals surface area (Å²) in [6.45, 7) is 1.77. The molecule has 2 aromatic carbocycles. The largest absolute Gasteiger partial charge is 0.352 e. The van der Waals surface area contributed by atoms with E-state index in [0.717, 1.165) is 12.1 Å². The smallest absolute Gasteiger partial charge is 0.251 e. The van der Waals surface area contributed by atoms with Gasteiger partial charge in [-0.2, -0.15) is 0 Å². The molecule has 0 saturated carbocycles. The van der Waals surface area contributed by atoms with Crippen LogP contribution in [0.4, 0.5) is 8.78 Å². The molecule has 126 valence electrons. The first kappa shape index (κ1) is 17.6. The molecule has 0 radical (unpaired) electrons. The van der Waals surface area contributed by atoms with Gasteiger partial charge in [0.25, 0.3) is 5.91 Å². The normalized spacial score (nSPS) is 11.6. The summed E-state index contributed by atoms with van der Waals surface area (Å²) in [7, 11) is 0. The highest BCUT2D eigenvalue weighted by molar-refractivity contribution is 5.94. The summed E-state index contributed by atoms with van der Waals surface area (Å²) < 4.78 is 26.5. The number of halogens is 2. The number of hydrogen-bond acceptors (Lipinski definition) is 2. The first-order valence-corrected chi connectivity index (χ1v) is 7.55. The van der Waals surface area contributed by atoms with Crippen molar-refractivity contribution in [3.63, 3.8) is 0 Å². The lowest BCUT2D eigenvalue weighted by Gasteiger charge is -2.15. The van der Waals surface area contributed by atoms with Gasteiger partial charge in [0.2, 0.25) is 5.91 Å². The molecule has 0 aliphatic heterocycles. The average molecular weight is 332 g/mol. The van der Waals surface area contributed by atoms with Crippen LogP contribution in [0.2, 0.25) is 0 Å². The molecule has 1 atom stereocenters. The molecule has 24 heavy (non-hydrogen) atoms. The van der Waals surface area contributed by atoms with Crippen molar-refractivity contribution in [2.75, 3.05) is 6.54 Å². The molecule has 0 heterocycles. The highest BCUT2D eigenvalue weighted by Gasteiger charge is 2.14. The van der Waals surface area contributed by atoms with E-state index >= 15 is 0 Å². The van der Waals surface area contributed by atoms with E-state index in [1.165, 1.54) is 6.07 Å². The van der Waals surface area contributed by atoms with Gasteiger partial charge in [0, 0.05) is 30.2 Å². The maximum Gasteiger partial charge on any atom is 0.251 e. The van der Waals surface area contributed by atoms with Gasteiger partial charge in [0.1, 0.15) is 11.6 Å². The zero-order valence-electron chi connectivity index (χ0n) is 13.2. The molecule has 0 fully saturated rings. The van der Waals surface area contributed by atoms with Crippen molar-refractivity contribution in [2.45, 2.75) is 19.4 Å². The lowest BCUT2D eigenvalue weighted by Crippen LogP contribution is -2.32. The van der Waals surface area contributed by atoms with Crippen LogP contribution in [0.5, 0.6) is 0 Å². The predicted molar refractivity (Wildman–Crippen MR) is 86.3 cm³/mol. The van der Waals surface area contributed by atoms with Gasteiger partial charge in [-0.25, -0.2) is 8.78 Å². The van der Waals surface area contributed by atoms with Crippen LogP contribution in [-0.2, 0) is 4.79 Å². The minimum absolute atomic E-state index is 0.0612. The van der Waals surface area contributed by atoms with Crippen molar-refractivity contribution in [1.29, 1.82) is 0 Å². The first-order chi connectivity index (χ1) is 11.5. The molecular formula is C18H18F2N2O2. The van der Waals surface area contributed by atoms with Crippen molar-refractivity contribution in [2.24, 2.45) is 0 Å². The summed E-state index contributed by atoms with van der Waals surface area (Å²) in [5.74, 6) is -1.97. The molecule has 0 bridgehead atoms. The number of amides is 2. The molecular weight excluding hydrogens is 314 g/mol. The highest BCUT2D eigenvalue weighted by atomic mass is 19.1. The Kier molecular flexibility index (Phi) is 6.01. The van der Waals surface area contributed by atoms with Gasteiger partial charge in [0.15, 0.2) is 0 Å². The summed E-state index contributed by atoms with van der Waals surface area (Å²) in [6, 6.07) is 11.3. The number of carbonyl (C=O) groups is 2. The molecule has 0 unspecified atom stereocenters. The summed E-state index contributed by atoms with van der Waals surface area (Å²) in [4.78, 5) is 23.7. The zero-order valence-corrected chi connectivity index (χ0v) is 13.2. The van der Waals surface area contributed by atoms with E-state index in [4.69, 9.17) is 0 Å². The van der Waals surface area contributed by atoms with Crippen molar-refractivity contribution >= 4 is 11.8 Å². The standard InChI is InChI=1S/C18H18F2N2O2/c1-12(15-8-7-14(19)11-16(15)20)22-17(23)9-10-21-18(24)13-5-3-2-4-6-13/h2-8,11-12H,9-10H2,1H3,(H,21,24)(H,22,23)/t12-/m0/s1. The lowest BCUT2D eigenvalue weighted by atomic mass is 10.1. The lowest BCUT2D eigenvalue weighted by molar-refractivity contribution is -0.121. The summed E-state index contributed by atoms with van der Waals surface area (Å²) in [6.07, 6.45) is 0.0612. The second-order valence-electron chi connectivity index (χ2n) is 5.33. The fourth-order valence-electron chi connectivity index (χ4n) is 2.23. The Balaban J connectivity index is 1.80. The average Bonchev–Trinajstić information content (AvgIpc) is 2.55. The molecule has 4 nitrogen and oxygen atoms in total. The summed E-state index contributed by atoms with van der Waals surface area (Å²) in [5, 5.41) is 5.26. The van der Waals surface area contributed by atoms with Crippen molar-refractivity contribution in [3.8, 4) is 0 Å². The van der Waals surface area contributed by atoms with E-state index in [2.05, 4.69) is 10.6 Å². The third-order valence-electron chi connectivity index (χ3n) is 3.48. The minimum atomic E-state index is -0.708. The zero-order chi connectivity index (χ0) is 17.5. The van der Waals surface area contributed by atoms with Crippen molar-refractivity contribution in [1.82, 2.24) is 10.6 Å². The predicted octanol–water partition coefficient (Wildman–Crippen LogP) is 2.96. The maximum atomic E-state index is 13.6. The molecule has 0 spiro atoms. The Morgan fingerprint density at radius 3 is 2.46 bits per heavy atom. The van der Waals surface area contributed by atoms with E-state index in [-0.39, 0.29) is 30.3 Å². The first-order valence-electron chi connectivity index (χ1n) is 7.55. The highest BCUT2D eigenvalue weighted by Crippen LogP contribution is 2.17. The summed E-state index contributed by atoms with van der Waals surface area (Å²) in [5.41, 5.74) is 0.720.